The fraction of sp³-hybridized carbons (Fsp3) is 0.462. The van der Waals surface area contributed by atoms with E-state index >= 15 is 0 Å². The smallest absolute Gasteiger partial charge is 0.223 e. The Hall–Kier alpha value is -1.62. The van der Waals surface area contributed by atoms with Crippen LogP contribution in [0.3, 0.4) is 0 Å². The largest absolute Gasteiger partial charge is 0.493 e. The number of amides is 1. The Balaban J connectivity index is 2.44. The standard InChI is InChI=1S/C13H19FN2O2/c1-9(2)16-13(17)3-4-18-12-6-10(8-15)5-11(14)7-12/h5-7,9H,3-4,8,15H2,1-2H3,(H,16,17). The minimum atomic E-state index is -0.389. The van der Waals surface area contributed by atoms with Crippen molar-refractivity contribution in [2.75, 3.05) is 6.61 Å². The molecule has 0 aliphatic heterocycles. The maximum atomic E-state index is 13.2. The molecule has 0 unspecified atom stereocenters. The molecule has 100 valence electrons. The molecule has 0 saturated carbocycles. The van der Waals surface area contributed by atoms with E-state index in [0.717, 1.165) is 0 Å². The lowest BCUT2D eigenvalue weighted by Crippen LogP contribution is -2.31. The molecule has 0 aliphatic carbocycles. The average Bonchev–Trinajstić information content (AvgIpc) is 2.27. The van der Waals surface area contributed by atoms with Crippen molar-refractivity contribution in [1.29, 1.82) is 0 Å². The Bertz CT molecular complexity index is 408. The van der Waals surface area contributed by atoms with E-state index in [0.29, 0.717) is 11.3 Å². The van der Waals surface area contributed by atoms with Gasteiger partial charge in [-0.05, 0) is 31.5 Å². The van der Waals surface area contributed by atoms with Crippen molar-refractivity contribution in [2.45, 2.75) is 32.9 Å². The highest BCUT2D eigenvalue weighted by atomic mass is 19.1. The van der Waals surface area contributed by atoms with Crippen molar-refractivity contribution in [3.8, 4) is 5.75 Å². The highest BCUT2D eigenvalue weighted by Gasteiger charge is 2.05. The minimum absolute atomic E-state index is 0.0829. The van der Waals surface area contributed by atoms with Gasteiger partial charge in [-0.25, -0.2) is 4.39 Å². The van der Waals surface area contributed by atoms with Crippen LogP contribution < -0.4 is 15.8 Å². The van der Waals surface area contributed by atoms with Gasteiger partial charge < -0.3 is 15.8 Å². The lowest BCUT2D eigenvalue weighted by atomic mass is 10.2. The number of nitrogens with one attached hydrogen (secondary N) is 1. The molecule has 0 spiro atoms. The fourth-order valence-corrected chi connectivity index (χ4v) is 1.48. The highest BCUT2D eigenvalue weighted by Crippen LogP contribution is 2.16. The third kappa shape index (κ3) is 5.14. The Morgan fingerprint density at radius 1 is 1.44 bits per heavy atom. The number of rotatable bonds is 6. The number of ether oxygens (including phenoxy) is 1. The van der Waals surface area contributed by atoms with Gasteiger partial charge in [-0.1, -0.05) is 0 Å². The Kier molecular flexibility index (Phi) is 5.58. The topological polar surface area (TPSA) is 64.3 Å². The maximum Gasteiger partial charge on any atom is 0.223 e. The van der Waals surface area contributed by atoms with Gasteiger partial charge in [-0.3, -0.25) is 4.79 Å². The Morgan fingerprint density at radius 2 is 2.17 bits per heavy atom. The Morgan fingerprint density at radius 3 is 2.78 bits per heavy atom. The van der Waals surface area contributed by atoms with E-state index in [1.165, 1.54) is 12.1 Å². The number of hydrogen-bond acceptors (Lipinski definition) is 3. The van der Waals surface area contributed by atoms with Crippen LogP contribution in [0.1, 0.15) is 25.8 Å². The van der Waals surface area contributed by atoms with Gasteiger partial charge >= 0.3 is 0 Å². The number of hydrogen-bond donors (Lipinski definition) is 2. The van der Waals surface area contributed by atoms with Crippen LogP contribution in [0.4, 0.5) is 4.39 Å². The van der Waals surface area contributed by atoms with Crippen molar-refractivity contribution in [3.05, 3.63) is 29.6 Å². The summed E-state index contributed by atoms with van der Waals surface area (Å²) in [6.07, 6.45) is 0.243. The van der Waals surface area contributed by atoms with Gasteiger partial charge in [-0.15, -0.1) is 0 Å². The number of carbonyl (C=O) groups is 1. The highest BCUT2D eigenvalue weighted by molar-refractivity contribution is 5.76. The molecular formula is C13H19FN2O2. The van der Waals surface area contributed by atoms with Gasteiger partial charge in [0.25, 0.3) is 0 Å². The molecule has 0 aromatic heterocycles. The zero-order valence-electron chi connectivity index (χ0n) is 10.7. The molecule has 0 aliphatic rings. The van der Waals surface area contributed by atoms with Gasteiger partial charge in [0.2, 0.25) is 5.91 Å². The average molecular weight is 254 g/mol. The molecule has 0 heterocycles. The second kappa shape index (κ2) is 6.96. The van der Waals surface area contributed by atoms with Crippen molar-refractivity contribution < 1.29 is 13.9 Å². The molecule has 5 heteroatoms. The van der Waals surface area contributed by atoms with Crippen LogP contribution in [-0.2, 0) is 11.3 Å². The van der Waals surface area contributed by atoms with Gasteiger partial charge in [0, 0.05) is 18.7 Å². The summed E-state index contributed by atoms with van der Waals surface area (Å²) >= 11 is 0. The van der Waals surface area contributed by atoms with Gasteiger partial charge in [0.1, 0.15) is 11.6 Å². The molecule has 0 fully saturated rings. The first-order valence-electron chi connectivity index (χ1n) is 5.93. The molecule has 18 heavy (non-hydrogen) atoms. The maximum absolute atomic E-state index is 13.2. The lowest BCUT2D eigenvalue weighted by molar-refractivity contribution is -0.122. The summed E-state index contributed by atoms with van der Waals surface area (Å²) < 4.78 is 18.5. The zero-order chi connectivity index (χ0) is 13.5. The van der Waals surface area contributed by atoms with Crippen LogP contribution in [0, 0.1) is 5.82 Å². The van der Waals surface area contributed by atoms with Crippen molar-refractivity contribution in [2.24, 2.45) is 5.73 Å². The summed E-state index contributed by atoms with van der Waals surface area (Å²) in [7, 11) is 0. The van der Waals surface area contributed by atoms with E-state index in [1.807, 2.05) is 13.8 Å². The molecule has 1 aromatic carbocycles. The molecule has 0 saturated heterocycles. The van der Waals surface area contributed by atoms with E-state index in [2.05, 4.69) is 5.32 Å². The second-order valence-electron chi connectivity index (χ2n) is 4.32. The van der Waals surface area contributed by atoms with E-state index in [1.54, 1.807) is 6.07 Å². The summed E-state index contributed by atoms with van der Waals surface area (Å²) in [6.45, 7) is 4.24. The normalized spacial score (nSPS) is 10.5. The summed E-state index contributed by atoms with van der Waals surface area (Å²) in [4.78, 5) is 11.3. The zero-order valence-corrected chi connectivity index (χ0v) is 10.7. The first kappa shape index (κ1) is 14.4. The monoisotopic (exact) mass is 254 g/mol. The fourth-order valence-electron chi connectivity index (χ4n) is 1.48. The van der Waals surface area contributed by atoms with Crippen LogP contribution in [0.2, 0.25) is 0 Å². The number of benzene rings is 1. The SMILES string of the molecule is CC(C)NC(=O)CCOc1cc(F)cc(CN)c1. The van der Waals surface area contributed by atoms with Crippen molar-refractivity contribution >= 4 is 5.91 Å². The van der Waals surface area contributed by atoms with Crippen LogP contribution >= 0.6 is 0 Å². The molecule has 0 radical (unpaired) electrons. The number of carbonyl (C=O) groups excluding carboxylic acids is 1. The Labute approximate surface area is 106 Å². The van der Waals surface area contributed by atoms with E-state index < -0.39 is 0 Å². The molecule has 1 rings (SSSR count). The van der Waals surface area contributed by atoms with Gasteiger partial charge in [0.15, 0.2) is 0 Å². The van der Waals surface area contributed by atoms with Gasteiger partial charge in [-0.2, -0.15) is 0 Å². The third-order valence-corrected chi connectivity index (χ3v) is 2.21. The summed E-state index contributed by atoms with van der Waals surface area (Å²) in [6, 6.07) is 4.41. The van der Waals surface area contributed by atoms with Crippen molar-refractivity contribution in [3.63, 3.8) is 0 Å². The third-order valence-electron chi connectivity index (χ3n) is 2.21. The molecule has 1 amide bonds. The first-order chi connectivity index (χ1) is 8.51. The van der Waals surface area contributed by atoms with Gasteiger partial charge in [0.05, 0.1) is 13.0 Å². The van der Waals surface area contributed by atoms with Crippen LogP contribution in [0.15, 0.2) is 18.2 Å². The van der Waals surface area contributed by atoms with Crippen LogP contribution in [0.5, 0.6) is 5.75 Å². The molecule has 0 atom stereocenters. The first-order valence-corrected chi connectivity index (χ1v) is 5.93. The summed E-state index contributed by atoms with van der Waals surface area (Å²) in [5, 5.41) is 2.75. The van der Waals surface area contributed by atoms with E-state index in [4.69, 9.17) is 10.5 Å². The molecular weight excluding hydrogens is 235 g/mol. The number of halogens is 1. The predicted molar refractivity (Wildman–Crippen MR) is 67.7 cm³/mol. The molecule has 3 N–H and O–H groups in total. The molecule has 1 aromatic rings. The molecule has 0 bridgehead atoms. The summed E-state index contributed by atoms with van der Waals surface area (Å²) in [5.74, 6) is -0.0761. The lowest BCUT2D eigenvalue weighted by Gasteiger charge is -2.10. The van der Waals surface area contributed by atoms with Crippen molar-refractivity contribution in [1.82, 2.24) is 5.32 Å². The van der Waals surface area contributed by atoms with E-state index in [9.17, 15) is 9.18 Å². The van der Waals surface area contributed by atoms with Crippen LogP contribution in [-0.4, -0.2) is 18.6 Å². The molecule has 4 nitrogen and oxygen atoms in total. The quantitative estimate of drug-likeness (QED) is 0.810. The second-order valence-corrected chi connectivity index (χ2v) is 4.32. The summed E-state index contributed by atoms with van der Waals surface area (Å²) in [5.41, 5.74) is 6.10. The van der Waals surface area contributed by atoms with Crippen LogP contribution in [0.25, 0.3) is 0 Å². The number of nitrogens with two attached hydrogens (primary N) is 1. The predicted octanol–water partition coefficient (Wildman–Crippen LogP) is 1.58. The van der Waals surface area contributed by atoms with E-state index in [-0.39, 0.29) is 37.3 Å². The minimum Gasteiger partial charge on any atom is -0.493 e.